The van der Waals surface area contributed by atoms with Crippen molar-refractivity contribution in [2.75, 3.05) is 5.32 Å². The Morgan fingerprint density at radius 1 is 1.36 bits per heavy atom. The smallest absolute Gasteiger partial charge is 0.151 e. The number of hydrogen-bond donors (Lipinski definition) is 2. The summed E-state index contributed by atoms with van der Waals surface area (Å²) in [4.78, 5) is 0. The first-order valence-electron chi connectivity index (χ1n) is 5.60. The number of nitrogens with one attached hydrogen (secondary N) is 2. The molecule has 1 heterocycles. The predicted octanol–water partition coefficient (Wildman–Crippen LogP) is 2.59. The number of H-pyrrole nitrogens is 1. The molecule has 2 aliphatic rings. The van der Waals surface area contributed by atoms with Crippen LogP contribution in [0.5, 0.6) is 0 Å². The number of aromatic amines is 1. The molecule has 14 heavy (non-hydrogen) atoms. The molecule has 0 aliphatic heterocycles. The third kappa shape index (κ3) is 1.01. The van der Waals surface area contributed by atoms with Crippen LogP contribution in [0.3, 0.4) is 0 Å². The maximum Gasteiger partial charge on any atom is 0.151 e. The van der Waals surface area contributed by atoms with Crippen LogP contribution >= 0.6 is 0 Å². The zero-order chi connectivity index (χ0) is 9.71. The third-order valence-corrected chi connectivity index (χ3v) is 3.51. The largest absolute Gasteiger partial charge is 0.366 e. The molecule has 3 nitrogen and oxygen atoms in total. The lowest BCUT2D eigenvalue weighted by molar-refractivity contribution is 0.700. The van der Waals surface area contributed by atoms with Crippen LogP contribution in [0.2, 0.25) is 0 Å². The molecule has 1 saturated carbocycles. The molecule has 0 radical (unpaired) electrons. The van der Waals surface area contributed by atoms with E-state index in [1.165, 1.54) is 30.5 Å². The first-order valence-corrected chi connectivity index (χ1v) is 5.60. The second-order valence-electron chi connectivity index (χ2n) is 4.91. The lowest BCUT2D eigenvalue weighted by Gasteiger charge is -2.13. The van der Waals surface area contributed by atoms with E-state index < -0.39 is 0 Å². The van der Waals surface area contributed by atoms with Crippen LogP contribution in [-0.2, 0) is 0 Å². The van der Waals surface area contributed by atoms with E-state index in [4.69, 9.17) is 0 Å². The highest BCUT2D eigenvalue weighted by molar-refractivity contribution is 5.54. The standard InChI is InChI=1S/C11H17N3/c1-6(2)12-11-9-7-3-4-8(5-7)10(9)13-14-11/h6-8H,3-5H2,1-2H3,(H2,12,13,14). The van der Waals surface area contributed by atoms with Gasteiger partial charge in [-0.15, -0.1) is 0 Å². The summed E-state index contributed by atoms with van der Waals surface area (Å²) < 4.78 is 0. The Labute approximate surface area is 84.3 Å². The highest BCUT2D eigenvalue weighted by Gasteiger charge is 2.40. The Hall–Kier alpha value is -0.990. The summed E-state index contributed by atoms with van der Waals surface area (Å²) in [5.74, 6) is 2.68. The normalized spacial score (nSPS) is 28.5. The quantitative estimate of drug-likeness (QED) is 0.754. The van der Waals surface area contributed by atoms with Gasteiger partial charge in [0.25, 0.3) is 0 Å². The van der Waals surface area contributed by atoms with E-state index in [2.05, 4.69) is 29.4 Å². The van der Waals surface area contributed by atoms with Gasteiger partial charge in [0.15, 0.2) is 5.82 Å². The molecule has 0 spiro atoms. The highest BCUT2D eigenvalue weighted by atomic mass is 15.2. The molecule has 0 saturated heterocycles. The fourth-order valence-corrected chi connectivity index (χ4v) is 2.98. The van der Waals surface area contributed by atoms with Gasteiger partial charge in [-0.2, -0.15) is 5.10 Å². The summed E-state index contributed by atoms with van der Waals surface area (Å²) >= 11 is 0. The van der Waals surface area contributed by atoms with Gasteiger partial charge in [0.1, 0.15) is 0 Å². The average molecular weight is 191 g/mol. The van der Waals surface area contributed by atoms with Gasteiger partial charge in [0, 0.05) is 23.2 Å². The zero-order valence-electron chi connectivity index (χ0n) is 8.80. The van der Waals surface area contributed by atoms with Crippen molar-refractivity contribution in [2.45, 2.75) is 51.0 Å². The minimum atomic E-state index is 0.474. The summed E-state index contributed by atoms with van der Waals surface area (Å²) in [6, 6.07) is 0.474. The van der Waals surface area contributed by atoms with Gasteiger partial charge in [-0.25, -0.2) is 0 Å². The van der Waals surface area contributed by atoms with Gasteiger partial charge in [-0.05, 0) is 39.0 Å². The molecule has 0 amide bonds. The fourth-order valence-electron chi connectivity index (χ4n) is 2.98. The maximum absolute atomic E-state index is 4.38. The van der Waals surface area contributed by atoms with Crippen molar-refractivity contribution in [1.29, 1.82) is 0 Å². The molecule has 2 N–H and O–H groups in total. The van der Waals surface area contributed by atoms with Gasteiger partial charge < -0.3 is 5.32 Å². The lowest BCUT2D eigenvalue weighted by atomic mass is 9.97. The number of fused-ring (bicyclic) bond motifs is 5. The number of anilines is 1. The minimum Gasteiger partial charge on any atom is -0.366 e. The van der Waals surface area contributed by atoms with Crippen molar-refractivity contribution in [1.82, 2.24) is 10.2 Å². The highest BCUT2D eigenvalue weighted by Crippen LogP contribution is 2.54. The van der Waals surface area contributed by atoms with Crippen LogP contribution in [0.25, 0.3) is 0 Å². The molecule has 1 fully saturated rings. The molecule has 2 bridgehead atoms. The first kappa shape index (κ1) is 8.33. The molecule has 1 aromatic rings. The van der Waals surface area contributed by atoms with Gasteiger partial charge in [-0.1, -0.05) is 0 Å². The zero-order valence-corrected chi connectivity index (χ0v) is 8.80. The van der Waals surface area contributed by atoms with E-state index in [1.54, 1.807) is 0 Å². The monoisotopic (exact) mass is 191 g/mol. The van der Waals surface area contributed by atoms with E-state index in [0.717, 1.165) is 17.7 Å². The summed E-state index contributed by atoms with van der Waals surface area (Å²) in [5, 5.41) is 11.0. The molecule has 2 atom stereocenters. The molecular formula is C11H17N3. The van der Waals surface area contributed by atoms with Gasteiger partial charge in [-0.3, -0.25) is 5.10 Å². The number of hydrogen-bond acceptors (Lipinski definition) is 2. The van der Waals surface area contributed by atoms with Crippen molar-refractivity contribution < 1.29 is 0 Å². The summed E-state index contributed by atoms with van der Waals surface area (Å²) in [5.41, 5.74) is 2.92. The average Bonchev–Trinajstić information content (AvgIpc) is 2.74. The second kappa shape index (κ2) is 2.75. The number of rotatable bonds is 2. The Morgan fingerprint density at radius 2 is 2.14 bits per heavy atom. The van der Waals surface area contributed by atoms with Crippen LogP contribution in [-0.4, -0.2) is 16.2 Å². The lowest BCUT2D eigenvalue weighted by Crippen LogP contribution is -2.12. The summed E-state index contributed by atoms with van der Waals surface area (Å²) in [6.45, 7) is 4.32. The van der Waals surface area contributed by atoms with Crippen LogP contribution < -0.4 is 5.32 Å². The van der Waals surface area contributed by atoms with Crippen molar-refractivity contribution in [3.63, 3.8) is 0 Å². The second-order valence-corrected chi connectivity index (χ2v) is 4.91. The Morgan fingerprint density at radius 3 is 2.93 bits per heavy atom. The van der Waals surface area contributed by atoms with Gasteiger partial charge in [0.05, 0.1) is 0 Å². The van der Waals surface area contributed by atoms with Crippen LogP contribution in [0.4, 0.5) is 5.82 Å². The van der Waals surface area contributed by atoms with Gasteiger partial charge in [0.2, 0.25) is 0 Å². The van der Waals surface area contributed by atoms with Crippen molar-refractivity contribution in [2.24, 2.45) is 0 Å². The maximum atomic E-state index is 4.38. The molecule has 76 valence electrons. The molecule has 3 heteroatoms. The number of nitrogens with zero attached hydrogens (tertiary/aromatic N) is 1. The Kier molecular flexibility index (Phi) is 1.64. The topological polar surface area (TPSA) is 40.7 Å². The predicted molar refractivity (Wildman–Crippen MR) is 56.7 cm³/mol. The van der Waals surface area contributed by atoms with E-state index in [-0.39, 0.29) is 0 Å². The van der Waals surface area contributed by atoms with E-state index in [1.807, 2.05) is 0 Å². The van der Waals surface area contributed by atoms with Gasteiger partial charge >= 0.3 is 0 Å². The molecule has 2 aliphatic carbocycles. The van der Waals surface area contributed by atoms with Crippen LogP contribution in [0.1, 0.15) is 56.2 Å². The van der Waals surface area contributed by atoms with E-state index in [0.29, 0.717) is 6.04 Å². The molecule has 3 rings (SSSR count). The Bertz CT molecular complexity index is 353. The SMILES string of the molecule is CC(C)Nc1n[nH]c2c1C1CCC2C1. The Balaban J connectivity index is 1.97. The summed E-state index contributed by atoms with van der Waals surface area (Å²) in [7, 11) is 0. The fraction of sp³-hybridized carbons (Fsp3) is 0.727. The number of aromatic nitrogens is 2. The van der Waals surface area contributed by atoms with E-state index in [9.17, 15) is 0 Å². The molecule has 0 aromatic carbocycles. The molecule has 2 unspecified atom stereocenters. The van der Waals surface area contributed by atoms with Crippen LogP contribution in [0, 0.1) is 0 Å². The summed E-state index contributed by atoms with van der Waals surface area (Å²) in [6.07, 6.45) is 4.08. The minimum absolute atomic E-state index is 0.474. The van der Waals surface area contributed by atoms with Crippen molar-refractivity contribution in [3.05, 3.63) is 11.3 Å². The third-order valence-electron chi connectivity index (χ3n) is 3.51. The first-order chi connectivity index (χ1) is 6.75. The van der Waals surface area contributed by atoms with Crippen molar-refractivity contribution in [3.8, 4) is 0 Å². The molecular weight excluding hydrogens is 174 g/mol. The molecule has 1 aromatic heterocycles. The van der Waals surface area contributed by atoms with Crippen molar-refractivity contribution >= 4 is 5.82 Å². The van der Waals surface area contributed by atoms with E-state index >= 15 is 0 Å². The van der Waals surface area contributed by atoms with Crippen LogP contribution in [0.15, 0.2) is 0 Å².